The molecule has 88 valence electrons. The van der Waals surface area contributed by atoms with E-state index in [9.17, 15) is 4.79 Å². The SMILES string of the molecule is CCOC(=O)[C@H](C)Nc1ccc(OC)cc1. The van der Waals surface area contributed by atoms with Crippen molar-refractivity contribution in [3.05, 3.63) is 24.3 Å². The monoisotopic (exact) mass is 223 g/mol. The van der Waals surface area contributed by atoms with Gasteiger partial charge in [-0.15, -0.1) is 0 Å². The lowest BCUT2D eigenvalue weighted by atomic mass is 10.2. The van der Waals surface area contributed by atoms with Crippen LogP contribution in [0.25, 0.3) is 0 Å². The number of hydrogen-bond acceptors (Lipinski definition) is 4. The maximum absolute atomic E-state index is 11.4. The first kappa shape index (κ1) is 12.4. The number of nitrogens with one attached hydrogen (secondary N) is 1. The molecule has 1 rings (SSSR count). The first-order valence-electron chi connectivity index (χ1n) is 5.24. The Morgan fingerprint density at radius 2 is 2.00 bits per heavy atom. The molecule has 0 aliphatic carbocycles. The summed E-state index contributed by atoms with van der Waals surface area (Å²) in [6.45, 7) is 3.95. The van der Waals surface area contributed by atoms with Crippen molar-refractivity contribution < 1.29 is 14.3 Å². The van der Waals surface area contributed by atoms with Gasteiger partial charge in [0.1, 0.15) is 11.8 Å². The number of hydrogen-bond donors (Lipinski definition) is 1. The van der Waals surface area contributed by atoms with Gasteiger partial charge in [0.25, 0.3) is 0 Å². The average molecular weight is 223 g/mol. The van der Waals surface area contributed by atoms with Gasteiger partial charge in [0.05, 0.1) is 13.7 Å². The van der Waals surface area contributed by atoms with Crippen LogP contribution in [0.1, 0.15) is 13.8 Å². The second-order valence-electron chi connectivity index (χ2n) is 3.35. The fraction of sp³-hybridized carbons (Fsp3) is 0.417. The second-order valence-corrected chi connectivity index (χ2v) is 3.35. The lowest BCUT2D eigenvalue weighted by Crippen LogP contribution is -2.28. The highest BCUT2D eigenvalue weighted by molar-refractivity contribution is 5.78. The first-order chi connectivity index (χ1) is 7.67. The largest absolute Gasteiger partial charge is 0.497 e. The molecule has 0 amide bonds. The van der Waals surface area contributed by atoms with Gasteiger partial charge in [0.2, 0.25) is 0 Å². The summed E-state index contributed by atoms with van der Waals surface area (Å²) in [5.41, 5.74) is 0.862. The minimum atomic E-state index is -0.353. The predicted octanol–water partition coefficient (Wildman–Crippen LogP) is 2.06. The van der Waals surface area contributed by atoms with Gasteiger partial charge in [-0.1, -0.05) is 0 Å². The van der Waals surface area contributed by atoms with Crippen molar-refractivity contribution in [2.45, 2.75) is 19.9 Å². The highest BCUT2D eigenvalue weighted by atomic mass is 16.5. The Bertz CT molecular complexity index is 335. The minimum absolute atomic E-state index is 0.252. The van der Waals surface area contributed by atoms with Crippen molar-refractivity contribution >= 4 is 11.7 Å². The van der Waals surface area contributed by atoms with Crippen LogP contribution in [0.15, 0.2) is 24.3 Å². The summed E-state index contributed by atoms with van der Waals surface area (Å²) in [5.74, 6) is 0.535. The third-order valence-corrected chi connectivity index (χ3v) is 2.11. The molecule has 4 nitrogen and oxygen atoms in total. The molecule has 0 aromatic heterocycles. The summed E-state index contributed by atoms with van der Waals surface area (Å²) in [6, 6.07) is 7.03. The van der Waals surface area contributed by atoms with Gasteiger partial charge in [0, 0.05) is 5.69 Å². The molecule has 0 heterocycles. The number of anilines is 1. The average Bonchev–Trinajstić information content (AvgIpc) is 2.30. The lowest BCUT2D eigenvalue weighted by molar-refractivity contribution is -0.143. The Kier molecular flexibility index (Phi) is 4.64. The highest BCUT2D eigenvalue weighted by Crippen LogP contribution is 2.15. The number of rotatable bonds is 5. The summed E-state index contributed by atoms with van der Waals surface area (Å²) in [6.07, 6.45) is 0. The molecule has 0 aliphatic rings. The van der Waals surface area contributed by atoms with E-state index in [1.54, 1.807) is 21.0 Å². The molecule has 1 N–H and O–H groups in total. The maximum atomic E-state index is 11.4. The van der Waals surface area contributed by atoms with Crippen LogP contribution in [0.2, 0.25) is 0 Å². The van der Waals surface area contributed by atoms with Crippen molar-refractivity contribution in [3.8, 4) is 5.75 Å². The predicted molar refractivity (Wildman–Crippen MR) is 62.7 cm³/mol. The maximum Gasteiger partial charge on any atom is 0.328 e. The molecule has 0 unspecified atom stereocenters. The third-order valence-electron chi connectivity index (χ3n) is 2.11. The number of methoxy groups -OCH3 is 1. The van der Waals surface area contributed by atoms with Crippen LogP contribution in [-0.4, -0.2) is 25.7 Å². The van der Waals surface area contributed by atoms with Crippen LogP contribution >= 0.6 is 0 Å². The van der Waals surface area contributed by atoms with Gasteiger partial charge in [-0.2, -0.15) is 0 Å². The molecule has 4 heteroatoms. The van der Waals surface area contributed by atoms with Crippen LogP contribution in [0.4, 0.5) is 5.69 Å². The van der Waals surface area contributed by atoms with Crippen molar-refractivity contribution in [2.24, 2.45) is 0 Å². The molecule has 0 bridgehead atoms. The van der Waals surface area contributed by atoms with Crippen LogP contribution in [0.3, 0.4) is 0 Å². The van der Waals surface area contributed by atoms with Crippen molar-refractivity contribution in [1.82, 2.24) is 0 Å². The molecule has 1 aromatic rings. The fourth-order valence-electron chi connectivity index (χ4n) is 1.26. The van der Waals surface area contributed by atoms with E-state index in [2.05, 4.69) is 5.32 Å². The zero-order valence-electron chi connectivity index (χ0n) is 9.82. The van der Waals surface area contributed by atoms with E-state index in [1.807, 2.05) is 24.3 Å². The van der Waals surface area contributed by atoms with Crippen LogP contribution in [0, 0.1) is 0 Å². The van der Waals surface area contributed by atoms with Crippen LogP contribution in [0.5, 0.6) is 5.75 Å². The molecule has 0 aliphatic heterocycles. The molecule has 0 fully saturated rings. The van der Waals surface area contributed by atoms with E-state index in [0.29, 0.717) is 6.61 Å². The second kappa shape index (κ2) is 6.00. The van der Waals surface area contributed by atoms with E-state index in [4.69, 9.17) is 9.47 Å². The van der Waals surface area contributed by atoms with E-state index >= 15 is 0 Å². The third kappa shape index (κ3) is 3.46. The van der Waals surface area contributed by atoms with Crippen molar-refractivity contribution in [1.29, 1.82) is 0 Å². The van der Waals surface area contributed by atoms with E-state index < -0.39 is 0 Å². The van der Waals surface area contributed by atoms with Crippen LogP contribution < -0.4 is 10.1 Å². The summed E-state index contributed by atoms with van der Waals surface area (Å²) in [4.78, 5) is 11.4. The Balaban J connectivity index is 2.55. The lowest BCUT2D eigenvalue weighted by Gasteiger charge is -2.13. The molecule has 0 spiro atoms. The molecular weight excluding hydrogens is 206 g/mol. The van der Waals surface area contributed by atoms with Crippen molar-refractivity contribution in [2.75, 3.05) is 19.0 Å². The number of benzene rings is 1. The smallest absolute Gasteiger partial charge is 0.328 e. The van der Waals surface area contributed by atoms with Gasteiger partial charge >= 0.3 is 5.97 Å². The number of carbonyl (C=O) groups is 1. The van der Waals surface area contributed by atoms with Gasteiger partial charge < -0.3 is 14.8 Å². The van der Waals surface area contributed by atoms with Gasteiger partial charge in [0.15, 0.2) is 0 Å². The molecule has 1 atom stereocenters. The van der Waals surface area contributed by atoms with E-state index in [0.717, 1.165) is 11.4 Å². The van der Waals surface area contributed by atoms with E-state index in [1.165, 1.54) is 0 Å². The Morgan fingerprint density at radius 1 is 1.38 bits per heavy atom. The zero-order chi connectivity index (χ0) is 12.0. The molecule has 16 heavy (non-hydrogen) atoms. The fourth-order valence-corrected chi connectivity index (χ4v) is 1.26. The molecule has 0 radical (unpaired) electrons. The number of carbonyl (C=O) groups excluding carboxylic acids is 1. The first-order valence-corrected chi connectivity index (χ1v) is 5.24. The molecule has 1 aromatic carbocycles. The normalized spacial score (nSPS) is 11.7. The molecule has 0 saturated carbocycles. The van der Waals surface area contributed by atoms with E-state index in [-0.39, 0.29) is 12.0 Å². The van der Waals surface area contributed by atoms with Gasteiger partial charge in [-0.25, -0.2) is 4.79 Å². The standard InChI is InChI=1S/C12H17NO3/c1-4-16-12(14)9(2)13-10-5-7-11(15-3)8-6-10/h5-9,13H,4H2,1-3H3/t9-/m0/s1. The molecular formula is C12H17NO3. The Labute approximate surface area is 95.6 Å². The zero-order valence-corrected chi connectivity index (χ0v) is 9.82. The van der Waals surface area contributed by atoms with Gasteiger partial charge in [-0.3, -0.25) is 0 Å². The van der Waals surface area contributed by atoms with Crippen LogP contribution in [-0.2, 0) is 9.53 Å². The summed E-state index contributed by atoms with van der Waals surface area (Å²) < 4.78 is 9.94. The number of esters is 1. The molecule has 0 saturated heterocycles. The summed E-state index contributed by atoms with van der Waals surface area (Å²) >= 11 is 0. The highest BCUT2D eigenvalue weighted by Gasteiger charge is 2.12. The summed E-state index contributed by atoms with van der Waals surface area (Å²) in [7, 11) is 1.61. The Morgan fingerprint density at radius 3 is 2.50 bits per heavy atom. The number of ether oxygens (including phenoxy) is 2. The summed E-state index contributed by atoms with van der Waals surface area (Å²) in [5, 5.41) is 3.05. The minimum Gasteiger partial charge on any atom is -0.497 e. The Hall–Kier alpha value is -1.71. The van der Waals surface area contributed by atoms with Gasteiger partial charge in [-0.05, 0) is 38.1 Å². The topological polar surface area (TPSA) is 47.6 Å². The quantitative estimate of drug-likeness (QED) is 0.776. The van der Waals surface area contributed by atoms with Crippen molar-refractivity contribution in [3.63, 3.8) is 0 Å².